The highest BCUT2D eigenvalue weighted by atomic mass is 16.3. The van der Waals surface area contributed by atoms with Crippen LogP contribution in [0.3, 0.4) is 0 Å². The van der Waals surface area contributed by atoms with Crippen molar-refractivity contribution in [1.82, 2.24) is 20.0 Å². The van der Waals surface area contributed by atoms with Crippen molar-refractivity contribution in [1.29, 1.82) is 10.5 Å². The highest BCUT2D eigenvalue weighted by Gasteiger charge is 2.21. The van der Waals surface area contributed by atoms with Crippen molar-refractivity contribution in [2.75, 3.05) is 46.3 Å². The molecule has 0 radical (unpaired) electrons. The summed E-state index contributed by atoms with van der Waals surface area (Å²) < 4.78 is 6.02. The first kappa shape index (κ1) is 19.3. The van der Waals surface area contributed by atoms with Gasteiger partial charge in [-0.25, -0.2) is 0 Å². The molecule has 2 aliphatic rings. The third kappa shape index (κ3) is 5.26. The fourth-order valence-corrected chi connectivity index (χ4v) is 3.70. The Hall–Kier alpha value is -2.48. The molecular weight excluding hydrogens is 340 g/mol. The van der Waals surface area contributed by atoms with Crippen LogP contribution < -0.4 is 5.32 Å². The van der Waals surface area contributed by atoms with Crippen LogP contribution in [0.5, 0.6) is 0 Å². The van der Waals surface area contributed by atoms with Gasteiger partial charge in [-0.05, 0) is 45.1 Å². The van der Waals surface area contributed by atoms with Crippen molar-refractivity contribution in [3.8, 4) is 12.1 Å². The Bertz CT molecular complexity index is 718. The number of furan rings is 1. The Balaban J connectivity index is 1.47. The topological polar surface area (TPSA) is 82.5 Å². The summed E-state index contributed by atoms with van der Waals surface area (Å²) in [6.07, 6.45) is 3.92. The summed E-state index contributed by atoms with van der Waals surface area (Å²) >= 11 is 0. The number of nitriles is 2. The maximum Gasteiger partial charge on any atom is 0.169 e. The van der Waals surface area contributed by atoms with Crippen molar-refractivity contribution in [3.63, 3.8) is 0 Å². The fraction of sp³-hybridized carbons (Fsp3) is 0.600. The van der Waals surface area contributed by atoms with Gasteiger partial charge in [0.2, 0.25) is 0 Å². The van der Waals surface area contributed by atoms with E-state index in [0.717, 1.165) is 50.8 Å². The van der Waals surface area contributed by atoms with Crippen LogP contribution in [0.25, 0.3) is 0 Å². The Morgan fingerprint density at radius 3 is 2.63 bits per heavy atom. The number of hydrogen-bond acceptors (Lipinski definition) is 7. The van der Waals surface area contributed by atoms with Crippen LogP contribution in [0.15, 0.2) is 27.9 Å². The molecule has 0 atom stereocenters. The zero-order chi connectivity index (χ0) is 19.1. The Labute approximate surface area is 161 Å². The van der Waals surface area contributed by atoms with Crippen LogP contribution in [-0.2, 0) is 13.1 Å². The molecule has 0 amide bonds. The predicted molar refractivity (Wildman–Crippen MR) is 102 cm³/mol. The van der Waals surface area contributed by atoms with E-state index in [1.807, 2.05) is 12.1 Å². The molecule has 7 heteroatoms. The van der Waals surface area contributed by atoms with E-state index >= 15 is 0 Å². The van der Waals surface area contributed by atoms with Gasteiger partial charge in [0.05, 0.1) is 13.1 Å². The third-order valence-corrected chi connectivity index (χ3v) is 5.17. The van der Waals surface area contributed by atoms with E-state index in [-0.39, 0.29) is 5.57 Å². The van der Waals surface area contributed by atoms with E-state index in [1.54, 1.807) is 0 Å². The molecule has 2 aliphatic heterocycles. The molecule has 0 aliphatic carbocycles. The number of allylic oxidation sites excluding steroid dienone is 1. The highest BCUT2D eigenvalue weighted by molar-refractivity contribution is 5.39. The number of nitrogens with zero attached hydrogens (tertiary/aromatic N) is 5. The van der Waals surface area contributed by atoms with Crippen molar-refractivity contribution in [2.45, 2.75) is 32.4 Å². The molecule has 1 aromatic rings. The lowest BCUT2D eigenvalue weighted by Crippen LogP contribution is -2.31. The van der Waals surface area contributed by atoms with E-state index in [2.05, 4.69) is 39.2 Å². The molecule has 1 N–H and O–H groups in total. The van der Waals surface area contributed by atoms with Crippen LogP contribution in [0, 0.1) is 22.7 Å². The van der Waals surface area contributed by atoms with Crippen molar-refractivity contribution in [2.24, 2.45) is 0 Å². The van der Waals surface area contributed by atoms with Gasteiger partial charge in [0.1, 0.15) is 29.5 Å². The van der Waals surface area contributed by atoms with E-state index in [0.29, 0.717) is 5.82 Å². The molecule has 3 rings (SSSR count). The summed E-state index contributed by atoms with van der Waals surface area (Å²) in [6.45, 7) is 7.18. The first-order valence-electron chi connectivity index (χ1n) is 9.71. The molecule has 2 saturated heterocycles. The molecule has 0 saturated carbocycles. The normalized spacial score (nSPS) is 17.6. The van der Waals surface area contributed by atoms with Gasteiger partial charge in [0, 0.05) is 26.2 Å². The summed E-state index contributed by atoms with van der Waals surface area (Å²) in [7, 11) is 2.06. The summed E-state index contributed by atoms with van der Waals surface area (Å²) in [6, 6.07) is 8.10. The quantitative estimate of drug-likeness (QED) is 0.736. The average Bonchev–Trinajstić information content (AvgIpc) is 3.32. The smallest absolute Gasteiger partial charge is 0.169 e. The molecule has 0 spiro atoms. The number of rotatable bonds is 7. The first-order chi connectivity index (χ1) is 13.2. The molecule has 3 heterocycles. The first-order valence-corrected chi connectivity index (χ1v) is 9.71. The minimum Gasteiger partial charge on any atom is -0.463 e. The Morgan fingerprint density at radius 2 is 1.89 bits per heavy atom. The number of nitrogens with one attached hydrogen (secondary N) is 1. The monoisotopic (exact) mass is 368 g/mol. The number of hydrogen-bond donors (Lipinski definition) is 1. The van der Waals surface area contributed by atoms with Gasteiger partial charge in [-0.1, -0.05) is 6.42 Å². The zero-order valence-corrected chi connectivity index (χ0v) is 16.1. The maximum absolute atomic E-state index is 9.07. The molecule has 144 valence electrons. The standard InChI is InChI=1S/C20H28N6O/c1-24(11-12-26-10-7-23-20(26)17(13-21)14-22)15-18-5-6-19(27-18)16-25-8-3-2-4-9-25/h5-6,23H,2-4,7-12,15-16H2,1H3. The van der Waals surface area contributed by atoms with Crippen molar-refractivity contribution < 1.29 is 4.42 Å². The number of likely N-dealkylation sites (N-methyl/N-ethyl adjacent to an activating group) is 1. The predicted octanol–water partition coefficient (Wildman–Crippen LogP) is 1.86. The van der Waals surface area contributed by atoms with Gasteiger partial charge >= 0.3 is 0 Å². The molecular formula is C20H28N6O. The van der Waals surface area contributed by atoms with Gasteiger partial charge in [-0.2, -0.15) is 10.5 Å². The minimum absolute atomic E-state index is 0.156. The van der Waals surface area contributed by atoms with E-state index < -0.39 is 0 Å². The van der Waals surface area contributed by atoms with Gasteiger partial charge in [-0.15, -0.1) is 0 Å². The van der Waals surface area contributed by atoms with E-state index in [4.69, 9.17) is 14.9 Å². The van der Waals surface area contributed by atoms with Crippen LogP contribution in [0.2, 0.25) is 0 Å². The lowest BCUT2D eigenvalue weighted by Gasteiger charge is -2.25. The molecule has 0 unspecified atom stereocenters. The zero-order valence-electron chi connectivity index (χ0n) is 16.1. The van der Waals surface area contributed by atoms with Crippen molar-refractivity contribution >= 4 is 0 Å². The molecule has 1 aromatic heterocycles. The minimum atomic E-state index is 0.156. The largest absolute Gasteiger partial charge is 0.463 e. The summed E-state index contributed by atoms with van der Waals surface area (Å²) in [5.74, 6) is 2.69. The molecule has 27 heavy (non-hydrogen) atoms. The third-order valence-electron chi connectivity index (χ3n) is 5.17. The van der Waals surface area contributed by atoms with Crippen LogP contribution in [-0.4, -0.2) is 61.0 Å². The maximum atomic E-state index is 9.07. The average molecular weight is 368 g/mol. The summed E-state index contributed by atoms with van der Waals surface area (Å²) in [5, 5.41) is 21.3. The van der Waals surface area contributed by atoms with E-state index in [9.17, 15) is 0 Å². The highest BCUT2D eigenvalue weighted by Crippen LogP contribution is 2.16. The summed E-state index contributed by atoms with van der Waals surface area (Å²) in [5.41, 5.74) is 0.156. The van der Waals surface area contributed by atoms with Gasteiger partial charge < -0.3 is 14.6 Å². The molecule has 2 fully saturated rings. The molecule has 0 aromatic carbocycles. The lowest BCUT2D eigenvalue weighted by atomic mass is 10.1. The van der Waals surface area contributed by atoms with E-state index in [1.165, 1.54) is 32.4 Å². The van der Waals surface area contributed by atoms with Crippen LogP contribution in [0.1, 0.15) is 30.8 Å². The molecule has 7 nitrogen and oxygen atoms in total. The Kier molecular flexibility index (Phi) is 6.75. The number of piperidine rings is 1. The molecule has 0 bridgehead atoms. The second-order valence-electron chi connectivity index (χ2n) is 7.30. The lowest BCUT2D eigenvalue weighted by molar-refractivity contribution is 0.199. The van der Waals surface area contributed by atoms with Gasteiger partial charge in [0.25, 0.3) is 0 Å². The van der Waals surface area contributed by atoms with Gasteiger partial charge in [-0.3, -0.25) is 9.80 Å². The fourth-order valence-electron chi connectivity index (χ4n) is 3.70. The second kappa shape index (κ2) is 9.45. The van der Waals surface area contributed by atoms with Crippen LogP contribution in [0.4, 0.5) is 0 Å². The number of likely N-dealkylation sites (tertiary alicyclic amines) is 1. The second-order valence-corrected chi connectivity index (χ2v) is 7.30. The van der Waals surface area contributed by atoms with Crippen LogP contribution >= 0.6 is 0 Å². The Morgan fingerprint density at radius 1 is 1.15 bits per heavy atom. The van der Waals surface area contributed by atoms with Crippen molar-refractivity contribution in [3.05, 3.63) is 35.0 Å². The summed E-state index contributed by atoms with van der Waals surface area (Å²) in [4.78, 5) is 6.74. The van der Waals surface area contributed by atoms with Gasteiger partial charge in [0.15, 0.2) is 5.57 Å². The SMILES string of the molecule is CN(CCN1CCNC1=C(C#N)C#N)Cc1ccc(CN2CCCCC2)o1.